The van der Waals surface area contributed by atoms with Crippen molar-refractivity contribution in [3.8, 4) is 0 Å². The fourth-order valence-electron chi connectivity index (χ4n) is 1.05. The highest BCUT2D eigenvalue weighted by Crippen LogP contribution is 2.12. The predicted octanol–water partition coefficient (Wildman–Crippen LogP) is 0.512. The number of hydrogen-bond acceptors (Lipinski definition) is 3. The van der Waals surface area contributed by atoms with E-state index in [-0.39, 0.29) is 0 Å². The summed E-state index contributed by atoms with van der Waals surface area (Å²) in [6.45, 7) is 0. The molecule has 12 heavy (non-hydrogen) atoms. The average molecular weight is 167 g/mol. The van der Waals surface area contributed by atoms with E-state index >= 15 is 0 Å². The van der Waals surface area contributed by atoms with Gasteiger partial charge in [0.05, 0.1) is 0 Å². The Kier molecular flexibility index (Phi) is 3.08. The van der Waals surface area contributed by atoms with Crippen molar-refractivity contribution in [3.63, 3.8) is 0 Å². The smallest absolute Gasteiger partial charge is 0.151 e. The van der Waals surface area contributed by atoms with Crippen LogP contribution >= 0.6 is 0 Å². The van der Waals surface area contributed by atoms with E-state index in [1.54, 1.807) is 6.07 Å². The van der Waals surface area contributed by atoms with E-state index < -0.39 is 6.29 Å². The number of rotatable bonds is 3. The van der Waals surface area contributed by atoms with Crippen molar-refractivity contribution in [1.82, 2.24) is 0 Å². The number of aliphatic hydroxyl groups is 2. The molecular formula is C9H13NO2. The van der Waals surface area contributed by atoms with Crippen molar-refractivity contribution in [1.29, 1.82) is 0 Å². The van der Waals surface area contributed by atoms with Crippen LogP contribution in [0, 0.1) is 0 Å². The van der Waals surface area contributed by atoms with E-state index in [2.05, 4.69) is 0 Å². The Morgan fingerprint density at radius 2 is 1.92 bits per heavy atom. The van der Waals surface area contributed by atoms with Gasteiger partial charge in [0, 0.05) is 12.1 Å². The van der Waals surface area contributed by atoms with Crippen LogP contribution in [0.2, 0.25) is 0 Å². The van der Waals surface area contributed by atoms with Crippen LogP contribution in [0.1, 0.15) is 12.0 Å². The molecule has 3 nitrogen and oxygen atoms in total. The molecule has 4 N–H and O–H groups in total. The molecule has 0 unspecified atom stereocenters. The Labute approximate surface area is 71.5 Å². The van der Waals surface area contributed by atoms with Crippen LogP contribution in [0.5, 0.6) is 0 Å². The van der Waals surface area contributed by atoms with Gasteiger partial charge in [0.2, 0.25) is 0 Å². The molecule has 0 bridgehead atoms. The van der Waals surface area contributed by atoms with Gasteiger partial charge in [-0.1, -0.05) is 18.2 Å². The van der Waals surface area contributed by atoms with Crippen molar-refractivity contribution >= 4 is 5.69 Å². The second-order valence-electron chi connectivity index (χ2n) is 2.72. The van der Waals surface area contributed by atoms with Crippen LogP contribution < -0.4 is 5.73 Å². The molecule has 1 aromatic carbocycles. The van der Waals surface area contributed by atoms with Crippen LogP contribution in [-0.4, -0.2) is 16.5 Å². The number of nitrogen functional groups attached to an aromatic ring is 1. The Morgan fingerprint density at radius 3 is 2.50 bits per heavy atom. The maximum Gasteiger partial charge on any atom is 0.151 e. The third-order valence-corrected chi connectivity index (χ3v) is 1.73. The number of para-hydroxylation sites is 1. The second-order valence-corrected chi connectivity index (χ2v) is 2.72. The molecule has 0 saturated heterocycles. The van der Waals surface area contributed by atoms with Gasteiger partial charge in [-0.05, 0) is 18.1 Å². The summed E-state index contributed by atoms with van der Waals surface area (Å²) >= 11 is 0. The molecule has 0 fully saturated rings. The minimum Gasteiger partial charge on any atom is -0.399 e. The molecular weight excluding hydrogens is 154 g/mol. The van der Waals surface area contributed by atoms with E-state index in [4.69, 9.17) is 15.9 Å². The van der Waals surface area contributed by atoms with Gasteiger partial charge in [-0.2, -0.15) is 0 Å². The number of nitrogens with two attached hydrogens (primary N) is 1. The van der Waals surface area contributed by atoms with Crippen LogP contribution in [0.3, 0.4) is 0 Å². The number of benzene rings is 1. The standard InChI is InChI=1S/C9H13NO2/c10-8-4-2-1-3-7(8)5-6-9(11)12/h1-4,9,11-12H,5-6,10H2. The molecule has 0 aromatic heterocycles. The molecule has 0 heterocycles. The quantitative estimate of drug-likeness (QED) is 0.454. The lowest BCUT2D eigenvalue weighted by atomic mass is 10.1. The fraction of sp³-hybridized carbons (Fsp3) is 0.333. The molecule has 3 heteroatoms. The topological polar surface area (TPSA) is 66.5 Å². The molecule has 0 spiro atoms. The van der Waals surface area contributed by atoms with Crippen LogP contribution in [0.25, 0.3) is 0 Å². The summed E-state index contributed by atoms with van der Waals surface area (Å²) < 4.78 is 0. The van der Waals surface area contributed by atoms with Crippen LogP contribution in [0.4, 0.5) is 5.69 Å². The van der Waals surface area contributed by atoms with E-state index in [0.29, 0.717) is 18.5 Å². The van der Waals surface area contributed by atoms with E-state index in [0.717, 1.165) is 5.56 Å². The zero-order valence-electron chi connectivity index (χ0n) is 6.77. The molecule has 0 amide bonds. The highest BCUT2D eigenvalue weighted by molar-refractivity contribution is 5.46. The summed E-state index contributed by atoms with van der Waals surface area (Å²) in [5.74, 6) is 0. The van der Waals surface area contributed by atoms with Gasteiger partial charge < -0.3 is 15.9 Å². The van der Waals surface area contributed by atoms with Gasteiger partial charge in [0.15, 0.2) is 6.29 Å². The Morgan fingerprint density at radius 1 is 1.25 bits per heavy atom. The predicted molar refractivity (Wildman–Crippen MR) is 47.4 cm³/mol. The van der Waals surface area contributed by atoms with Crippen molar-refractivity contribution in [2.45, 2.75) is 19.1 Å². The Hall–Kier alpha value is -1.06. The monoisotopic (exact) mass is 167 g/mol. The number of hydrogen-bond donors (Lipinski definition) is 3. The largest absolute Gasteiger partial charge is 0.399 e. The molecule has 1 rings (SSSR count). The number of aryl methyl sites for hydroxylation is 1. The molecule has 0 aliphatic carbocycles. The summed E-state index contributed by atoms with van der Waals surface area (Å²) in [5, 5.41) is 17.2. The summed E-state index contributed by atoms with van der Waals surface area (Å²) in [7, 11) is 0. The lowest BCUT2D eigenvalue weighted by molar-refractivity contribution is -0.0446. The molecule has 0 aliphatic heterocycles. The van der Waals surface area contributed by atoms with Crippen molar-refractivity contribution in [3.05, 3.63) is 29.8 Å². The minimum atomic E-state index is -1.25. The van der Waals surface area contributed by atoms with Gasteiger partial charge in [-0.25, -0.2) is 0 Å². The maximum atomic E-state index is 8.62. The van der Waals surface area contributed by atoms with Gasteiger partial charge >= 0.3 is 0 Å². The molecule has 0 atom stereocenters. The second kappa shape index (κ2) is 4.09. The van der Waals surface area contributed by atoms with Gasteiger partial charge in [0.1, 0.15) is 0 Å². The zero-order valence-corrected chi connectivity index (χ0v) is 6.77. The Bertz CT molecular complexity index is 248. The molecule has 0 aliphatic rings. The molecule has 1 aromatic rings. The number of anilines is 1. The van der Waals surface area contributed by atoms with Crippen LogP contribution in [-0.2, 0) is 6.42 Å². The normalized spacial score (nSPS) is 10.6. The first-order valence-electron chi connectivity index (χ1n) is 3.89. The highest BCUT2D eigenvalue weighted by atomic mass is 16.5. The van der Waals surface area contributed by atoms with Gasteiger partial charge in [-0.3, -0.25) is 0 Å². The number of aliphatic hydroxyl groups excluding tert-OH is 1. The summed E-state index contributed by atoms with van der Waals surface area (Å²) in [5.41, 5.74) is 7.31. The van der Waals surface area contributed by atoms with E-state index in [1.807, 2.05) is 18.2 Å². The summed E-state index contributed by atoms with van der Waals surface area (Å²) in [6.07, 6.45) is -0.317. The van der Waals surface area contributed by atoms with Gasteiger partial charge in [-0.15, -0.1) is 0 Å². The maximum absolute atomic E-state index is 8.62. The zero-order chi connectivity index (χ0) is 8.97. The molecule has 0 radical (unpaired) electrons. The lowest BCUT2D eigenvalue weighted by Crippen LogP contribution is -2.06. The van der Waals surface area contributed by atoms with Crippen molar-refractivity contribution in [2.24, 2.45) is 0 Å². The highest BCUT2D eigenvalue weighted by Gasteiger charge is 2.01. The first kappa shape index (κ1) is 9.03. The minimum absolute atomic E-state index is 0.328. The third-order valence-electron chi connectivity index (χ3n) is 1.73. The average Bonchev–Trinajstić information content (AvgIpc) is 2.03. The first-order chi connectivity index (χ1) is 5.70. The summed E-state index contributed by atoms with van der Waals surface area (Å²) in [6, 6.07) is 7.43. The molecule has 66 valence electrons. The SMILES string of the molecule is Nc1ccccc1CCC(O)O. The van der Waals surface area contributed by atoms with Crippen molar-refractivity contribution in [2.75, 3.05) is 5.73 Å². The van der Waals surface area contributed by atoms with Crippen molar-refractivity contribution < 1.29 is 10.2 Å². The lowest BCUT2D eigenvalue weighted by Gasteiger charge is -2.05. The van der Waals surface area contributed by atoms with E-state index in [9.17, 15) is 0 Å². The van der Waals surface area contributed by atoms with Crippen LogP contribution in [0.15, 0.2) is 24.3 Å². The molecule has 0 saturated carbocycles. The first-order valence-corrected chi connectivity index (χ1v) is 3.89. The van der Waals surface area contributed by atoms with E-state index in [1.165, 1.54) is 0 Å². The third kappa shape index (κ3) is 2.53. The van der Waals surface area contributed by atoms with Gasteiger partial charge in [0.25, 0.3) is 0 Å². The fourth-order valence-corrected chi connectivity index (χ4v) is 1.05. The Balaban J connectivity index is 2.57. The summed E-state index contributed by atoms with van der Waals surface area (Å²) in [4.78, 5) is 0.